The Morgan fingerprint density at radius 2 is 1.02 bits per heavy atom. The van der Waals surface area contributed by atoms with Gasteiger partial charge in [-0.25, -0.2) is 9.59 Å². The van der Waals surface area contributed by atoms with Crippen molar-refractivity contribution in [2.45, 2.75) is 56.6 Å². The first-order chi connectivity index (χ1) is 25.8. The fourth-order valence-corrected chi connectivity index (χ4v) is 6.23. The molecule has 7 N–H and O–H groups in total. The second-order valence-electron chi connectivity index (χ2n) is 13.8. The zero-order valence-electron chi connectivity index (χ0n) is 30.2. The Morgan fingerprint density at radius 3 is 1.50 bits per heavy atom. The van der Waals surface area contributed by atoms with Crippen LogP contribution in [0.15, 0.2) is 48.5 Å². The highest BCUT2D eigenvalue weighted by Gasteiger charge is 2.49. The van der Waals surface area contributed by atoms with Gasteiger partial charge in [-0.3, -0.25) is 24.0 Å². The Kier molecular flexibility index (Phi) is 13.0. The average molecular weight is 752 g/mol. The molecule has 2 aliphatic heterocycles. The van der Waals surface area contributed by atoms with Crippen LogP contribution in [0.5, 0.6) is 0 Å². The van der Waals surface area contributed by atoms with Gasteiger partial charge in [-0.15, -0.1) is 0 Å². The second-order valence-corrected chi connectivity index (χ2v) is 13.8. The maximum Gasteiger partial charge on any atom is 0.408 e. The van der Waals surface area contributed by atoms with Crippen molar-refractivity contribution < 1.29 is 52.5 Å². The van der Waals surface area contributed by atoms with Gasteiger partial charge in [0.25, 0.3) is 0 Å². The third-order valence-corrected chi connectivity index (χ3v) is 8.62. The van der Waals surface area contributed by atoms with E-state index < -0.39 is 97.8 Å². The van der Waals surface area contributed by atoms with Gasteiger partial charge in [-0.1, -0.05) is 48.5 Å². The SMILES string of the molecule is CC(C)(C)OC(=O)N[C@H]1CO[C@H]2[C@@H]1OC[C@@H]2NC(=O)CNC(=O)CNC(=O)CNC(=O)CNC(=O)CNC(=O)OCC1c2ccccc2-c2ccccc21. The van der Waals surface area contributed by atoms with E-state index in [2.05, 4.69) is 37.2 Å². The van der Waals surface area contributed by atoms with Crippen LogP contribution < -0.4 is 37.2 Å². The van der Waals surface area contributed by atoms with E-state index in [0.717, 1.165) is 22.3 Å². The summed E-state index contributed by atoms with van der Waals surface area (Å²) >= 11 is 0. The molecule has 4 atom stereocenters. The van der Waals surface area contributed by atoms with Crippen molar-refractivity contribution in [3.8, 4) is 11.1 Å². The normalized spacial score (nSPS) is 19.6. The van der Waals surface area contributed by atoms with Crippen LogP contribution in [0.1, 0.15) is 37.8 Å². The summed E-state index contributed by atoms with van der Waals surface area (Å²) < 4.78 is 22.1. The molecule has 0 spiro atoms. The predicted molar refractivity (Wildman–Crippen MR) is 190 cm³/mol. The Labute approximate surface area is 311 Å². The molecule has 2 saturated heterocycles. The van der Waals surface area contributed by atoms with Crippen molar-refractivity contribution in [3.05, 3.63) is 59.7 Å². The topological polar surface area (TPSA) is 241 Å². The van der Waals surface area contributed by atoms with Gasteiger partial charge in [-0.2, -0.15) is 0 Å². The van der Waals surface area contributed by atoms with E-state index in [4.69, 9.17) is 18.9 Å². The van der Waals surface area contributed by atoms with Gasteiger partial charge in [-0.05, 0) is 43.0 Å². The van der Waals surface area contributed by atoms with Crippen LogP contribution in [0, 0.1) is 0 Å². The molecule has 3 aliphatic rings. The lowest BCUT2D eigenvalue weighted by Crippen LogP contribution is -2.50. The molecule has 1 aliphatic carbocycles. The number of rotatable bonds is 14. The highest BCUT2D eigenvalue weighted by atomic mass is 16.6. The predicted octanol–water partition coefficient (Wildman–Crippen LogP) is -0.834. The minimum atomic E-state index is -0.790. The lowest BCUT2D eigenvalue weighted by Gasteiger charge is -2.23. The van der Waals surface area contributed by atoms with Crippen molar-refractivity contribution in [3.63, 3.8) is 0 Å². The van der Waals surface area contributed by atoms with Crippen LogP contribution >= 0.6 is 0 Å². The maximum atomic E-state index is 12.4. The molecule has 2 heterocycles. The molecule has 0 unspecified atom stereocenters. The molecule has 18 heteroatoms. The summed E-state index contributed by atoms with van der Waals surface area (Å²) in [6.07, 6.45) is -2.38. The number of alkyl carbamates (subject to hydrolysis) is 2. The lowest BCUT2D eigenvalue weighted by molar-refractivity contribution is -0.129. The van der Waals surface area contributed by atoms with E-state index in [-0.39, 0.29) is 32.3 Å². The number of carbonyl (C=O) groups is 7. The van der Waals surface area contributed by atoms with Crippen LogP contribution in [0.25, 0.3) is 11.1 Å². The van der Waals surface area contributed by atoms with Crippen molar-refractivity contribution in [2.75, 3.05) is 52.5 Å². The minimum absolute atomic E-state index is 0.0787. The smallest absolute Gasteiger partial charge is 0.408 e. The van der Waals surface area contributed by atoms with Crippen LogP contribution in [0.2, 0.25) is 0 Å². The largest absolute Gasteiger partial charge is 0.449 e. The van der Waals surface area contributed by atoms with Gasteiger partial charge >= 0.3 is 12.2 Å². The Hall–Kier alpha value is -5.75. The van der Waals surface area contributed by atoms with Gasteiger partial charge in [0, 0.05) is 5.92 Å². The minimum Gasteiger partial charge on any atom is -0.449 e. The first-order valence-electron chi connectivity index (χ1n) is 17.4. The summed E-state index contributed by atoms with van der Waals surface area (Å²) in [5.41, 5.74) is 3.60. The summed E-state index contributed by atoms with van der Waals surface area (Å²) in [6.45, 7) is 3.42. The molecule has 0 saturated carbocycles. The fourth-order valence-electron chi connectivity index (χ4n) is 6.23. The van der Waals surface area contributed by atoms with E-state index in [1.165, 1.54) is 0 Å². The van der Waals surface area contributed by atoms with Crippen LogP contribution in [0.4, 0.5) is 9.59 Å². The van der Waals surface area contributed by atoms with E-state index >= 15 is 0 Å². The standard InChI is InChI=1S/C36H45N7O11/c1-36(2,3)54-35(50)43-26-19-52-32-25(18-51-33(26)32)42-31(48)16-40-29(46)14-38-27(44)12-37-28(45)13-39-30(47)15-41-34(49)53-17-24-22-10-6-4-8-20(22)21-9-5-7-11-23(21)24/h4-11,24-26,32-33H,12-19H2,1-3H3,(H,37,45)(H,38,44)(H,39,47)(H,40,46)(H,41,49)(H,42,48)(H,43,50)/t25-,26-,32+,33+/m0/s1. The van der Waals surface area contributed by atoms with E-state index in [1.54, 1.807) is 20.8 Å². The third-order valence-electron chi connectivity index (χ3n) is 8.62. The summed E-state index contributed by atoms with van der Waals surface area (Å²) in [6, 6.07) is 14.8. The van der Waals surface area contributed by atoms with Crippen molar-refractivity contribution in [1.82, 2.24) is 37.2 Å². The summed E-state index contributed by atoms with van der Waals surface area (Å²) in [7, 11) is 0. The van der Waals surface area contributed by atoms with E-state index in [1.807, 2.05) is 48.5 Å². The second kappa shape index (κ2) is 17.8. The highest BCUT2D eigenvalue weighted by molar-refractivity contribution is 5.91. The molecule has 54 heavy (non-hydrogen) atoms. The summed E-state index contributed by atoms with van der Waals surface area (Å²) in [5.74, 6) is -3.33. The molecule has 2 aromatic rings. The van der Waals surface area contributed by atoms with Gasteiger partial charge in [0.05, 0.1) is 51.5 Å². The van der Waals surface area contributed by atoms with Crippen LogP contribution in [0.3, 0.4) is 0 Å². The van der Waals surface area contributed by atoms with Gasteiger partial charge in [0.2, 0.25) is 29.5 Å². The Morgan fingerprint density at radius 1 is 0.593 bits per heavy atom. The van der Waals surface area contributed by atoms with Crippen molar-refractivity contribution in [2.24, 2.45) is 0 Å². The number of nitrogens with one attached hydrogen (secondary N) is 7. The number of amides is 7. The number of hydrogen-bond acceptors (Lipinski definition) is 11. The van der Waals surface area contributed by atoms with Gasteiger partial charge in [0.15, 0.2) is 0 Å². The first kappa shape index (κ1) is 39.5. The van der Waals surface area contributed by atoms with Crippen LogP contribution in [-0.4, -0.2) is 124 Å². The third kappa shape index (κ3) is 10.9. The maximum absolute atomic E-state index is 12.4. The number of benzene rings is 2. The zero-order valence-corrected chi connectivity index (χ0v) is 30.2. The fraction of sp³-hybridized carbons (Fsp3) is 0.472. The first-order valence-corrected chi connectivity index (χ1v) is 17.4. The van der Waals surface area contributed by atoms with Gasteiger partial charge in [0.1, 0.15) is 31.0 Å². The summed E-state index contributed by atoms with van der Waals surface area (Å²) in [5, 5.41) is 17.1. The molecule has 18 nitrogen and oxygen atoms in total. The van der Waals surface area contributed by atoms with Crippen LogP contribution in [-0.2, 0) is 42.9 Å². The molecule has 2 fully saturated rings. The van der Waals surface area contributed by atoms with E-state index in [0.29, 0.717) is 0 Å². The molecule has 0 bridgehead atoms. The zero-order chi connectivity index (χ0) is 38.8. The Bertz CT molecular complexity index is 1700. The van der Waals surface area contributed by atoms with E-state index in [9.17, 15) is 33.6 Å². The lowest BCUT2D eigenvalue weighted by atomic mass is 9.98. The molecule has 7 amide bonds. The molecule has 5 rings (SSSR count). The molecular formula is C36H45N7O11. The number of ether oxygens (including phenoxy) is 4. The number of carbonyl (C=O) groups excluding carboxylic acids is 7. The van der Waals surface area contributed by atoms with Crippen molar-refractivity contribution in [1.29, 1.82) is 0 Å². The Balaban J connectivity index is 0.890. The molecule has 0 aromatic heterocycles. The quantitative estimate of drug-likeness (QED) is 0.126. The molecular weight excluding hydrogens is 706 g/mol. The average Bonchev–Trinajstić information content (AvgIpc) is 3.82. The van der Waals surface area contributed by atoms with Gasteiger partial charge < -0.3 is 56.2 Å². The molecule has 2 aromatic carbocycles. The number of hydrogen-bond donors (Lipinski definition) is 7. The number of fused-ring (bicyclic) bond motifs is 4. The highest BCUT2D eigenvalue weighted by Crippen LogP contribution is 2.44. The molecule has 290 valence electrons. The van der Waals surface area contributed by atoms with Crippen molar-refractivity contribution >= 4 is 41.7 Å². The monoisotopic (exact) mass is 751 g/mol. The summed E-state index contributed by atoms with van der Waals surface area (Å²) in [4.78, 5) is 85.4. The molecule has 0 radical (unpaired) electrons.